The van der Waals surface area contributed by atoms with Crippen LogP contribution in [0.3, 0.4) is 0 Å². The van der Waals surface area contributed by atoms with Crippen molar-refractivity contribution in [1.29, 1.82) is 0 Å². The largest absolute Gasteiger partial charge is 0.516 e. The highest BCUT2D eigenvalue weighted by Crippen LogP contribution is 2.29. The molecule has 8 heteroatoms. The smallest absolute Gasteiger partial charge is 0.266 e. The molecular formula is C8H7BrF3NO2S. The first kappa shape index (κ1) is 13.3. The fourth-order valence-corrected chi connectivity index (χ4v) is 1.92. The van der Waals surface area contributed by atoms with E-state index in [1.54, 1.807) is 0 Å². The number of anilines is 1. The minimum Gasteiger partial charge on any atom is -0.266 e. The standard InChI is InChI=1S/C8H7BrF3NO2S/c1-13(16(14,15)8(10,11)12)7-4-2-6(9)3-5-7/h2-5H,1H3. The normalized spacial score (nSPS) is 12.6. The van der Waals surface area contributed by atoms with Crippen molar-refractivity contribution in [3.05, 3.63) is 28.7 Å². The Morgan fingerprint density at radius 3 is 2.00 bits per heavy atom. The van der Waals surface area contributed by atoms with E-state index in [1.165, 1.54) is 24.3 Å². The Labute approximate surface area is 99.0 Å². The van der Waals surface area contributed by atoms with Crippen LogP contribution in [0.1, 0.15) is 0 Å². The molecule has 0 aliphatic carbocycles. The van der Waals surface area contributed by atoms with Gasteiger partial charge in [-0.15, -0.1) is 0 Å². The van der Waals surface area contributed by atoms with E-state index in [0.717, 1.165) is 7.05 Å². The summed E-state index contributed by atoms with van der Waals surface area (Å²) in [4.78, 5) is 0. The summed E-state index contributed by atoms with van der Waals surface area (Å²) in [5, 5.41) is 0. The van der Waals surface area contributed by atoms with Gasteiger partial charge < -0.3 is 0 Å². The van der Waals surface area contributed by atoms with Crippen LogP contribution in [0.25, 0.3) is 0 Å². The number of halogens is 4. The topological polar surface area (TPSA) is 37.4 Å². The zero-order valence-corrected chi connectivity index (χ0v) is 10.4. The third-order valence-electron chi connectivity index (χ3n) is 1.84. The maximum absolute atomic E-state index is 12.2. The first-order valence-corrected chi connectivity index (χ1v) is 6.20. The molecule has 1 aromatic carbocycles. The molecule has 3 nitrogen and oxygen atoms in total. The number of alkyl halides is 3. The predicted octanol–water partition coefficient (Wildman–Crippen LogP) is 2.73. The van der Waals surface area contributed by atoms with E-state index in [1.807, 2.05) is 0 Å². The Bertz CT molecular complexity index is 469. The molecule has 0 saturated heterocycles. The molecule has 0 aromatic heterocycles. The highest BCUT2D eigenvalue weighted by atomic mass is 79.9. The molecule has 16 heavy (non-hydrogen) atoms. The van der Waals surface area contributed by atoms with Crippen LogP contribution >= 0.6 is 15.9 Å². The van der Waals surface area contributed by atoms with Crippen molar-refractivity contribution in [3.8, 4) is 0 Å². The maximum Gasteiger partial charge on any atom is 0.516 e. The lowest BCUT2D eigenvalue weighted by Gasteiger charge is -2.20. The van der Waals surface area contributed by atoms with Gasteiger partial charge in [-0.2, -0.15) is 21.6 Å². The van der Waals surface area contributed by atoms with Crippen molar-refractivity contribution in [2.24, 2.45) is 0 Å². The van der Waals surface area contributed by atoms with Gasteiger partial charge in [-0.1, -0.05) is 15.9 Å². The Morgan fingerprint density at radius 2 is 1.62 bits per heavy atom. The van der Waals surface area contributed by atoms with E-state index < -0.39 is 15.5 Å². The fourth-order valence-electron chi connectivity index (χ4n) is 0.945. The molecule has 1 aromatic rings. The van der Waals surface area contributed by atoms with E-state index in [9.17, 15) is 21.6 Å². The Hall–Kier alpha value is -0.760. The summed E-state index contributed by atoms with van der Waals surface area (Å²) in [6.07, 6.45) is 0. The van der Waals surface area contributed by atoms with Crippen LogP contribution in [-0.2, 0) is 10.0 Å². The summed E-state index contributed by atoms with van der Waals surface area (Å²) in [6, 6.07) is 5.45. The lowest BCUT2D eigenvalue weighted by molar-refractivity contribution is -0.0437. The molecule has 0 radical (unpaired) electrons. The third-order valence-corrected chi connectivity index (χ3v) is 3.89. The summed E-state index contributed by atoms with van der Waals surface area (Å²) in [7, 11) is -4.47. The van der Waals surface area contributed by atoms with Crippen molar-refractivity contribution < 1.29 is 21.6 Å². The molecule has 0 heterocycles. The van der Waals surface area contributed by atoms with Gasteiger partial charge in [0.1, 0.15) is 0 Å². The number of hydrogen-bond donors (Lipinski definition) is 0. The van der Waals surface area contributed by atoms with Crippen LogP contribution in [0.5, 0.6) is 0 Å². The number of hydrogen-bond acceptors (Lipinski definition) is 2. The average molecular weight is 318 g/mol. The summed E-state index contributed by atoms with van der Waals surface area (Å²) in [5.41, 5.74) is -5.35. The SMILES string of the molecule is CN(c1ccc(Br)cc1)S(=O)(=O)C(F)(F)F. The molecule has 0 aliphatic rings. The predicted molar refractivity (Wildman–Crippen MR) is 57.5 cm³/mol. The van der Waals surface area contributed by atoms with E-state index in [0.29, 0.717) is 4.47 Å². The van der Waals surface area contributed by atoms with Gasteiger partial charge in [-0.05, 0) is 24.3 Å². The lowest BCUT2D eigenvalue weighted by atomic mass is 10.3. The van der Waals surface area contributed by atoms with Crippen molar-refractivity contribution in [2.75, 3.05) is 11.4 Å². The van der Waals surface area contributed by atoms with Crippen LogP contribution in [-0.4, -0.2) is 21.0 Å². The zero-order chi connectivity index (χ0) is 12.6. The molecule has 0 atom stereocenters. The number of rotatable bonds is 2. The summed E-state index contributed by atoms with van der Waals surface area (Å²) in [5.74, 6) is 0. The fraction of sp³-hybridized carbons (Fsp3) is 0.250. The Kier molecular flexibility index (Phi) is 3.53. The van der Waals surface area contributed by atoms with Crippen LogP contribution in [0.15, 0.2) is 28.7 Å². The summed E-state index contributed by atoms with van der Waals surface area (Å²) in [6.45, 7) is 0. The van der Waals surface area contributed by atoms with Crippen LogP contribution in [0.4, 0.5) is 18.9 Å². The quantitative estimate of drug-likeness (QED) is 0.841. The van der Waals surface area contributed by atoms with Gasteiger partial charge >= 0.3 is 15.5 Å². The highest BCUT2D eigenvalue weighted by molar-refractivity contribution is 9.10. The van der Waals surface area contributed by atoms with Gasteiger partial charge in [0, 0.05) is 11.5 Å². The second kappa shape index (κ2) is 4.25. The van der Waals surface area contributed by atoms with E-state index >= 15 is 0 Å². The molecule has 0 amide bonds. The monoisotopic (exact) mass is 317 g/mol. The molecule has 0 spiro atoms. The number of nitrogens with zero attached hydrogens (tertiary/aromatic N) is 1. The van der Waals surface area contributed by atoms with Crippen molar-refractivity contribution in [2.45, 2.75) is 5.51 Å². The zero-order valence-electron chi connectivity index (χ0n) is 7.99. The lowest BCUT2D eigenvalue weighted by Crippen LogP contribution is -2.38. The van der Waals surface area contributed by atoms with Gasteiger partial charge in [0.25, 0.3) is 0 Å². The third kappa shape index (κ3) is 2.49. The Morgan fingerprint density at radius 1 is 1.19 bits per heavy atom. The first-order valence-electron chi connectivity index (χ1n) is 3.97. The molecular weight excluding hydrogens is 311 g/mol. The second-order valence-electron chi connectivity index (χ2n) is 2.89. The van der Waals surface area contributed by atoms with Crippen LogP contribution < -0.4 is 4.31 Å². The second-order valence-corrected chi connectivity index (χ2v) is 5.77. The molecule has 0 N–H and O–H groups in total. The van der Waals surface area contributed by atoms with Gasteiger partial charge in [0.15, 0.2) is 0 Å². The molecule has 90 valence electrons. The molecule has 0 saturated carbocycles. The molecule has 0 fully saturated rings. The van der Waals surface area contributed by atoms with Crippen LogP contribution in [0.2, 0.25) is 0 Å². The minimum absolute atomic E-state index is 0.0551. The van der Waals surface area contributed by atoms with Crippen molar-refractivity contribution in [1.82, 2.24) is 0 Å². The highest BCUT2D eigenvalue weighted by Gasteiger charge is 2.49. The summed E-state index contributed by atoms with van der Waals surface area (Å²) < 4.78 is 59.5. The van der Waals surface area contributed by atoms with Gasteiger partial charge in [-0.25, -0.2) is 0 Å². The molecule has 0 aliphatic heterocycles. The van der Waals surface area contributed by atoms with Gasteiger partial charge in [0.2, 0.25) is 0 Å². The summed E-state index contributed by atoms with van der Waals surface area (Å²) >= 11 is 3.09. The molecule has 0 bridgehead atoms. The van der Waals surface area contributed by atoms with E-state index in [2.05, 4.69) is 15.9 Å². The van der Waals surface area contributed by atoms with Gasteiger partial charge in [0.05, 0.1) is 5.69 Å². The first-order chi connectivity index (χ1) is 7.16. The van der Waals surface area contributed by atoms with Gasteiger partial charge in [-0.3, -0.25) is 4.31 Å². The minimum atomic E-state index is -5.32. The average Bonchev–Trinajstić information content (AvgIpc) is 2.16. The number of sulfonamides is 1. The number of benzene rings is 1. The molecule has 0 unspecified atom stereocenters. The van der Waals surface area contributed by atoms with Crippen molar-refractivity contribution >= 4 is 31.6 Å². The van der Waals surface area contributed by atoms with E-state index in [4.69, 9.17) is 0 Å². The Balaban J connectivity index is 3.13. The van der Waals surface area contributed by atoms with Crippen LogP contribution in [0, 0.1) is 0 Å². The maximum atomic E-state index is 12.2. The van der Waals surface area contributed by atoms with E-state index in [-0.39, 0.29) is 9.99 Å². The van der Waals surface area contributed by atoms with Crippen molar-refractivity contribution in [3.63, 3.8) is 0 Å². The molecule has 1 rings (SSSR count).